The molecule has 1 aromatic carbocycles. The van der Waals surface area contributed by atoms with E-state index in [-0.39, 0.29) is 25.0 Å². The van der Waals surface area contributed by atoms with Gasteiger partial charge in [-0.25, -0.2) is 4.79 Å². The summed E-state index contributed by atoms with van der Waals surface area (Å²) in [4.78, 5) is 28.4. The molecule has 24 heavy (non-hydrogen) atoms. The minimum atomic E-state index is -0.321. The van der Waals surface area contributed by atoms with Crippen LogP contribution in [-0.4, -0.2) is 43.0 Å². The van der Waals surface area contributed by atoms with Crippen LogP contribution in [0, 0.1) is 18.8 Å². The van der Waals surface area contributed by atoms with Gasteiger partial charge in [0.25, 0.3) is 0 Å². The SMILES string of the molecule is Cc1ccc2c(c1)N(CC(=O)N(CC(C)C)CC(C)C)CC(=O)O2. The van der Waals surface area contributed by atoms with Gasteiger partial charge >= 0.3 is 5.97 Å². The van der Waals surface area contributed by atoms with Crippen LogP contribution in [0.2, 0.25) is 0 Å². The number of fused-ring (bicyclic) bond motifs is 1. The average Bonchev–Trinajstić information content (AvgIpc) is 2.46. The molecule has 1 aliphatic rings. The molecule has 0 saturated heterocycles. The van der Waals surface area contributed by atoms with Gasteiger partial charge in [-0.3, -0.25) is 4.79 Å². The predicted octanol–water partition coefficient (Wildman–Crippen LogP) is 2.86. The molecule has 0 radical (unpaired) electrons. The summed E-state index contributed by atoms with van der Waals surface area (Å²) in [6, 6.07) is 5.66. The first-order valence-corrected chi connectivity index (χ1v) is 8.60. The number of hydrogen-bond acceptors (Lipinski definition) is 4. The van der Waals surface area contributed by atoms with Crippen molar-refractivity contribution < 1.29 is 14.3 Å². The molecular formula is C19H28N2O3. The van der Waals surface area contributed by atoms with Crippen molar-refractivity contribution >= 4 is 17.6 Å². The zero-order valence-corrected chi connectivity index (χ0v) is 15.3. The van der Waals surface area contributed by atoms with Crippen LogP contribution in [0.3, 0.4) is 0 Å². The minimum Gasteiger partial charge on any atom is -0.423 e. The molecule has 1 aromatic rings. The Labute approximate surface area is 144 Å². The highest BCUT2D eigenvalue weighted by Gasteiger charge is 2.27. The molecule has 0 bridgehead atoms. The molecule has 0 aromatic heterocycles. The number of nitrogens with zero attached hydrogens (tertiary/aromatic N) is 2. The van der Waals surface area contributed by atoms with Crippen LogP contribution in [0.25, 0.3) is 0 Å². The van der Waals surface area contributed by atoms with Crippen LogP contribution < -0.4 is 9.64 Å². The summed E-state index contributed by atoms with van der Waals surface area (Å²) in [5.41, 5.74) is 1.89. The van der Waals surface area contributed by atoms with Crippen LogP contribution >= 0.6 is 0 Å². The summed E-state index contributed by atoms with van der Waals surface area (Å²) in [6.45, 7) is 12.2. The largest absolute Gasteiger partial charge is 0.423 e. The lowest BCUT2D eigenvalue weighted by molar-refractivity contribution is -0.134. The lowest BCUT2D eigenvalue weighted by Crippen LogP contribution is -2.46. The number of anilines is 1. The summed E-state index contributed by atoms with van der Waals surface area (Å²) in [5.74, 6) is 1.09. The van der Waals surface area contributed by atoms with E-state index >= 15 is 0 Å². The van der Waals surface area contributed by atoms with E-state index in [2.05, 4.69) is 27.7 Å². The Morgan fingerprint density at radius 1 is 1.21 bits per heavy atom. The number of carbonyl (C=O) groups is 2. The summed E-state index contributed by atoms with van der Waals surface area (Å²) >= 11 is 0. The molecular weight excluding hydrogens is 304 g/mol. The van der Waals surface area contributed by atoms with Gasteiger partial charge in [-0.15, -0.1) is 0 Å². The van der Waals surface area contributed by atoms with Crippen molar-refractivity contribution in [2.75, 3.05) is 31.1 Å². The first-order valence-electron chi connectivity index (χ1n) is 8.60. The Balaban J connectivity index is 2.18. The molecule has 1 heterocycles. The molecule has 0 N–H and O–H groups in total. The number of amides is 1. The van der Waals surface area contributed by atoms with Gasteiger partial charge < -0.3 is 14.5 Å². The van der Waals surface area contributed by atoms with Gasteiger partial charge in [-0.1, -0.05) is 33.8 Å². The van der Waals surface area contributed by atoms with Crippen LogP contribution in [-0.2, 0) is 9.59 Å². The van der Waals surface area contributed by atoms with E-state index in [4.69, 9.17) is 4.74 Å². The second-order valence-electron chi connectivity index (χ2n) is 7.39. The van der Waals surface area contributed by atoms with E-state index in [1.165, 1.54) is 0 Å². The maximum atomic E-state index is 12.8. The van der Waals surface area contributed by atoms with E-state index < -0.39 is 0 Å². The molecule has 0 saturated carbocycles. The fraction of sp³-hybridized carbons (Fsp3) is 0.579. The maximum absolute atomic E-state index is 12.8. The number of rotatable bonds is 6. The topological polar surface area (TPSA) is 49.9 Å². The highest BCUT2D eigenvalue weighted by Crippen LogP contribution is 2.32. The van der Waals surface area contributed by atoms with E-state index in [0.29, 0.717) is 17.6 Å². The minimum absolute atomic E-state index is 0.0551. The summed E-state index contributed by atoms with van der Waals surface area (Å²) in [7, 11) is 0. The van der Waals surface area contributed by atoms with E-state index in [1.807, 2.05) is 28.9 Å². The number of benzene rings is 1. The third kappa shape index (κ3) is 4.73. The molecule has 1 amide bonds. The van der Waals surface area contributed by atoms with Gasteiger partial charge in [0.1, 0.15) is 6.54 Å². The van der Waals surface area contributed by atoms with Crippen LogP contribution in [0.15, 0.2) is 18.2 Å². The number of hydrogen-bond donors (Lipinski definition) is 0. The van der Waals surface area contributed by atoms with E-state index in [9.17, 15) is 9.59 Å². The van der Waals surface area contributed by atoms with Gasteiger partial charge in [0, 0.05) is 13.1 Å². The fourth-order valence-electron chi connectivity index (χ4n) is 2.92. The average molecular weight is 332 g/mol. The normalized spacial score (nSPS) is 14.0. The second kappa shape index (κ2) is 7.69. The third-order valence-electron chi connectivity index (χ3n) is 3.85. The number of carbonyl (C=O) groups excluding carboxylic acids is 2. The van der Waals surface area contributed by atoms with Gasteiger partial charge in [0.15, 0.2) is 5.75 Å². The highest BCUT2D eigenvalue weighted by molar-refractivity contribution is 5.89. The van der Waals surface area contributed by atoms with Crippen LogP contribution in [0.1, 0.15) is 33.3 Å². The summed E-state index contributed by atoms with van der Waals surface area (Å²) in [5, 5.41) is 0. The maximum Gasteiger partial charge on any atom is 0.331 e. The molecule has 2 rings (SSSR count). The quantitative estimate of drug-likeness (QED) is 0.594. The van der Waals surface area contributed by atoms with Crippen molar-refractivity contribution in [3.63, 3.8) is 0 Å². The first kappa shape index (κ1) is 18.3. The smallest absolute Gasteiger partial charge is 0.331 e. The molecule has 0 unspecified atom stereocenters. The molecule has 0 spiro atoms. The van der Waals surface area contributed by atoms with Crippen LogP contribution in [0.4, 0.5) is 5.69 Å². The highest BCUT2D eigenvalue weighted by atomic mass is 16.5. The van der Waals surface area contributed by atoms with Crippen molar-refractivity contribution in [2.24, 2.45) is 11.8 Å². The molecule has 132 valence electrons. The van der Waals surface area contributed by atoms with Gasteiger partial charge in [-0.05, 0) is 36.5 Å². The molecule has 5 heteroatoms. The van der Waals surface area contributed by atoms with Gasteiger partial charge in [-0.2, -0.15) is 0 Å². The predicted molar refractivity (Wildman–Crippen MR) is 95.3 cm³/mol. The lowest BCUT2D eigenvalue weighted by Gasteiger charge is -2.33. The molecule has 0 fully saturated rings. The zero-order valence-electron chi connectivity index (χ0n) is 15.3. The third-order valence-corrected chi connectivity index (χ3v) is 3.85. The monoisotopic (exact) mass is 332 g/mol. The summed E-state index contributed by atoms with van der Waals surface area (Å²) in [6.07, 6.45) is 0. The summed E-state index contributed by atoms with van der Waals surface area (Å²) < 4.78 is 5.28. The van der Waals surface area contributed by atoms with Crippen molar-refractivity contribution in [1.82, 2.24) is 4.90 Å². The number of esters is 1. The number of aryl methyl sites for hydroxylation is 1. The molecule has 1 aliphatic heterocycles. The Morgan fingerprint density at radius 2 is 1.83 bits per heavy atom. The Hall–Kier alpha value is -2.04. The van der Waals surface area contributed by atoms with Crippen LogP contribution in [0.5, 0.6) is 5.75 Å². The van der Waals surface area contributed by atoms with Gasteiger partial charge in [0.2, 0.25) is 5.91 Å². The van der Waals surface area contributed by atoms with Crippen molar-refractivity contribution in [3.8, 4) is 5.75 Å². The van der Waals surface area contributed by atoms with Crippen molar-refractivity contribution in [1.29, 1.82) is 0 Å². The van der Waals surface area contributed by atoms with E-state index in [0.717, 1.165) is 24.3 Å². The Morgan fingerprint density at radius 3 is 2.42 bits per heavy atom. The van der Waals surface area contributed by atoms with Gasteiger partial charge in [0.05, 0.1) is 12.2 Å². The molecule has 5 nitrogen and oxygen atoms in total. The lowest BCUT2D eigenvalue weighted by atomic mass is 10.1. The van der Waals surface area contributed by atoms with Crippen molar-refractivity contribution in [3.05, 3.63) is 23.8 Å². The molecule has 0 atom stereocenters. The first-order chi connectivity index (χ1) is 11.3. The second-order valence-corrected chi connectivity index (χ2v) is 7.39. The Kier molecular flexibility index (Phi) is 5.86. The zero-order chi connectivity index (χ0) is 17.9. The molecule has 0 aliphatic carbocycles. The Bertz CT molecular complexity index is 601. The standard InChI is InChI=1S/C19H28N2O3/c1-13(2)9-21(10-14(3)4)18(22)11-20-12-19(23)24-17-7-6-15(5)8-16(17)20/h6-8,13-14H,9-12H2,1-5H3. The van der Waals surface area contributed by atoms with E-state index in [1.54, 1.807) is 6.07 Å². The number of ether oxygens (including phenoxy) is 1. The fourth-order valence-corrected chi connectivity index (χ4v) is 2.92. The van der Waals surface area contributed by atoms with Crippen molar-refractivity contribution in [2.45, 2.75) is 34.6 Å².